The molecule has 1 N–H and O–H groups in total. The van der Waals surface area contributed by atoms with Crippen molar-refractivity contribution in [3.8, 4) is 16.9 Å². The average Bonchev–Trinajstić information content (AvgIpc) is 3.33. The fourth-order valence-electron chi connectivity index (χ4n) is 4.44. The first kappa shape index (κ1) is 26.5. The molecule has 0 aliphatic heterocycles. The van der Waals surface area contributed by atoms with Crippen LogP contribution in [-0.2, 0) is 35.5 Å². The molecule has 37 heavy (non-hydrogen) atoms. The first-order valence-electron chi connectivity index (χ1n) is 13.3. The third kappa shape index (κ3) is 7.01. The summed E-state index contributed by atoms with van der Waals surface area (Å²) in [5.74, 6) is 1.37. The minimum atomic E-state index is -0.253. The van der Waals surface area contributed by atoms with E-state index in [1.807, 2.05) is 31.2 Å². The zero-order valence-corrected chi connectivity index (χ0v) is 22.1. The van der Waals surface area contributed by atoms with Crippen LogP contribution in [0.2, 0.25) is 0 Å². The summed E-state index contributed by atoms with van der Waals surface area (Å²) in [6, 6.07) is 22.7. The van der Waals surface area contributed by atoms with E-state index < -0.39 is 0 Å². The van der Waals surface area contributed by atoms with Gasteiger partial charge in [0.2, 0.25) is 0 Å². The Morgan fingerprint density at radius 1 is 0.946 bits per heavy atom. The van der Waals surface area contributed by atoms with Crippen LogP contribution in [0.5, 0.6) is 5.75 Å². The lowest BCUT2D eigenvalue weighted by molar-refractivity contribution is -0.142. The van der Waals surface area contributed by atoms with E-state index in [4.69, 9.17) is 13.9 Å². The first-order valence-corrected chi connectivity index (χ1v) is 13.3. The number of furan rings is 1. The number of nitrogens with one attached hydrogen (secondary N) is 1. The minimum Gasteiger partial charge on any atom is -0.489 e. The number of hydrogen-bond donors (Lipinski definition) is 1. The lowest BCUT2D eigenvalue weighted by Gasteiger charge is -2.13. The van der Waals surface area contributed by atoms with Crippen LogP contribution in [0.1, 0.15) is 56.1 Å². The zero-order valence-electron chi connectivity index (χ0n) is 22.1. The van der Waals surface area contributed by atoms with Gasteiger partial charge >= 0.3 is 5.97 Å². The van der Waals surface area contributed by atoms with Crippen LogP contribution in [-0.4, -0.2) is 19.1 Å². The summed E-state index contributed by atoms with van der Waals surface area (Å²) < 4.78 is 17.7. The van der Waals surface area contributed by atoms with Crippen molar-refractivity contribution in [2.24, 2.45) is 0 Å². The van der Waals surface area contributed by atoms with Crippen molar-refractivity contribution in [3.05, 3.63) is 89.2 Å². The second-order valence-corrected chi connectivity index (χ2v) is 9.24. The number of benzene rings is 3. The third-order valence-corrected chi connectivity index (χ3v) is 6.39. The molecule has 0 radical (unpaired) electrons. The summed E-state index contributed by atoms with van der Waals surface area (Å²) in [6.45, 7) is 8.60. The van der Waals surface area contributed by atoms with Gasteiger partial charge in [-0.3, -0.25) is 4.79 Å². The number of fused-ring (bicyclic) bond motifs is 1. The number of para-hydroxylation sites is 1. The highest BCUT2D eigenvalue weighted by molar-refractivity contribution is 5.93. The molecule has 5 nitrogen and oxygen atoms in total. The standard InChI is InChI=1S/C32H37NO4/c1-4-7-15-33-21-28-19-27-17-24(18-29(32(27)37-28)25-13-10-11-23(5-2)16-25)22-36-30-14-9-8-12-26(30)20-31(34)35-6-3/h8-14,16-19,33H,4-7,15,20-22H2,1-3H3. The highest BCUT2D eigenvalue weighted by Crippen LogP contribution is 2.34. The molecule has 3 aromatic carbocycles. The van der Waals surface area contributed by atoms with Gasteiger partial charge in [0.1, 0.15) is 23.7 Å². The van der Waals surface area contributed by atoms with Gasteiger partial charge in [0.05, 0.1) is 19.6 Å². The van der Waals surface area contributed by atoms with Gasteiger partial charge in [-0.25, -0.2) is 0 Å². The van der Waals surface area contributed by atoms with Gasteiger partial charge in [-0.15, -0.1) is 0 Å². The van der Waals surface area contributed by atoms with E-state index in [0.717, 1.165) is 64.8 Å². The van der Waals surface area contributed by atoms with Crippen LogP contribution in [0.3, 0.4) is 0 Å². The van der Waals surface area contributed by atoms with Gasteiger partial charge in [0, 0.05) is 16.5 Å². The smallest absolute Gasteiger partial charge is 0.310 e. The van der Waals surface area contributed by atoms with E-state index in [-0.39, 0.29) is 12.4 Å². The summed E-state index contributed by atoms with van der Waals surface area (Å²) >= 11 is 0. The molecule has 4 aromatic rings. The van der Waals surface area contributed by atoms with Crippen molar-refractivity contribution in [2.75, 3.05) is 13.2 Å². The number of ether oxygens (including phenoxy) is 2. The van der Waals surface area contributed by atoms with Gasteiger partial charge in [0.15, 0.2) is 0 Å². The molecule has 0 unspecified atom stereocenters. The van der Waals surface area contributed by atoms with Gasteiger partial charge in [-0.1, -0.05) is 62.7 Å². The predicted molar refractivity (Wildman–Crippen MR) is 149 cm³/mol. The maximum Gasteiger partial charge on any atom is 0.310 e. The van der Waals surface area contributed by atoms with Gasteiger partial charge in [-0.05, 0) is 67.3 Å². The monoisotopic (exact) mass is 499 g/mol. The summed E-state index contributed by atoms with van der Waals surface area (Å²) in [6.07, 6.45) is 3.47. The Bertz CT molecular complexity index is 1320. The number of esters is 1. The highest BCUT2D eigenvalue weighted by Gasteiger charge is 2.15. The van der Waals surface area contributed by atoms with E-state index in [0.29, 0.717) is 25.5 Å². The van der Waals surface area contributed by atoms with Crippen molar-refractivity contribution in [1.29, 1.82) is 0 Å². The number of rotatable bonds is 13. The molecule has 5 heteroatoms. The summed E-state index contributed by atoms with van der Waals surface area (Å²) in [5, 5.41) is 4.54. The van der Waals surface area contributed by atoms with Crippen LogP contribution < -0.4 is 10.1 Å². The van der Waals surface area contributed by atoms with Crippen LogP contribution in [0, 0.1) is 0 Å². The Kier molecular flexibility index (Phi) is 9.39. The van der Waals surface area contributed by atoms with Crippen LogP contribution in [0.25, 0.3) is 22.1 Å². The molecule has 0 aliphatic carbocycles. The van der Waals surface area contributed by atoms with E-state index in [2.05, 4.69) is 61.6 Å². The largest absolute Gasteiger partial charge is 0.489 e. The summed E-state index contributed by atoms with van der Waals surface area (Å²) in [5.41, 5.74) is 6.24. The first-order chi connectivity index (χ1) is 18.1. The molecule has 4 rings (SSSR count). The molecule has 0 aliphatic rings. The van der Waals surface area contributed by atoms with Crippen molar-refractivity contribution in [1.82, 2.24) is 5.32 Å². The van der Waals surface area contributed by atoms with Gasteiger partial charge in [-0.2, -0.15) is 0 Å². The Labute approximate surface area is 219 Å². The number of carbonyl (C=O) groups excluding carboxylic acids is 1. The lowest BCUT2D eigenvalue weighted by atomic mass is 9.98. The van der Waals surface area contributed by atoms with Gasteiger partial charge in [0.25, 0.3) is 0 Å². The molecule has 0 saturated carbocycles. The van der Waals surface area contributed by atoms with Crippen molar-refractivity contribution in [3.63, 3.8) is 0 Å². The zero-order chi connectivity index (χ0) is 26.0. The molecule has 194 valence electrons. The molecule has 0 fully saturated rings. The third-order valence-electron chi connectivity index (χ3n) is 6.39. The highest BCUT2D eigenvalue weighted by atomic mass is 16.5. The summed E-state index contributed by atoms with van der Waals surface area (Å²) in [7, 11) is 0. The van der Waals surface area contributed by atoms with Crippen molar-refractivity contribution in [2.45, 2.75) is 59.6 Å². The Hall–Kier alpha value is -3.57. The second kappa shape index (κ2) is 13.1. The van der Waals surface area contributed by atoms with Crippen molar-refractivity contribution >= 4 is 16.9 Å². The molecular weight excluding hydrogens is 462 g/mol. The van der Waals surface area contributed by atoms with Crippen LogP contribution >= 0.6 is 0 Å². The minimum absolute atomic E-state index is 0.189. The average molecular weight is 500 g/mol. The Balaban J connectivity index is 1.63. The molecule has 0 bridgehead atoms. The molecule has 0 amide bonds. The number of carbonyl (C=O) groups is 1. The molecule has 0 atom stereocenters. The van der Waals surface area contributed by atoms with E-state index in [1.165, 1.54) is 5.56 Å². The normalized spacial score (nSPS) is 11.1. The second-order valence-electron chi connectivity index (χ2n) is 9.24. The fraction of sp³-hybridized carbons (Fsp3) is 0.344. The SMILES string of the molecule is CCCCNCc1cc2cc(COc3ccccc3CC(=O)OCC)cc(-c3cccc(CC)c3)c2o1. The van der Waals surface area contributed by atoms with Crippen LogP contribution in [0.4, 0.5) is 0 Å². The van der Waals surface area contributed by atoms with E-state index in [9.17, 15) is 4.79 Å². The maximum atomic E-state index is 12.1. The number of aryl methyl sites for hydroxylation is 1. The topological polar surface area (TPSA) is 60.7 Å². The van der Waals surface area contributed by atoms with Gasteiger partial charge < -0.3 is 19.2 Å². The molecule has 0 saturated heterocycles. The maximum absolute atomic E-state index is 12.1. The quantitative estimate of drug-likeness (QED) is 0.155. The van der Waals surface area contributed by atoms with E-state index >= 15 is 0 Å². The lowest BCUT2D eigenvalue weighted by Crippen LogP contribution is -2.13. The molecule has 1 aromatic heterocycles. The van der Waals surface area contributed by atoms with Crippen LogP contribution in [0.15, 0.2) is 71.1 Å². The predicted octanol–water partition coefficient (Wildman–Crippen LogP) is 7.24. The Morgan fingerprint density at radius 2 is 1.81 bits per heavy atom. The molecule has 1 heterocycles. The van der Waals surface area contributed by atoms with Crippen molar-refractivity contribution < 1.29 is 18.7 Å². The fourth-order valence-corrected chi connectivity index (χ4v) is 4.44. The Morgan fingerprint density at radius 3 is 2.62 bits per heavy atom. The van der Waals surface area contributed by atoms with E-state index in [1.54, 1.807) is 0 Å². The number of hydrogen-bond acceptors (Lipinski definition) is 5. The number of unbranched alkanes of at least 4 members (excludes halogenated alkanes) is 1. The summed E-state index contributed by atoms with van der Waals surface area (Å²) in [4.78, 5) is 12.1. The molecule has 0 spiro atoms. The molecular formula is C32H37NO4.